The lowest BCUT2D eigenvalue weighted by Gasteiger charge is -2.15. The summed E-state index contributed by atoms with van der Waals surface area (Å²) in [4.78, 5) is 13.1. The smallest absolute Gasteiger partial charge is 0.204 e. The van der Waals surface area contributed by atoms with Crippen molar-refractivity contribution in [2.75, 3.05) is 0 Å². The van der Waals surface area contributed by atoms with Gasteiger partial charge in [0.15, 0.2) is 11.5 Å². The number of phenols is 3. The van der Waals surface area contributed by atoms with Crippen LogP contribution in [-0.4, -0.2) is 15.3 Å². The summed E-state index contributed by atoms with van der Waals surface area (Å²) in [5.74, 6) is -1.27. The second kappa shape index (κ2) is 6.16. The maximum absolute atomic E-state index is 13.1. The molecule has 0 radical (unpaired) electrons. The van der Waals surface area contributed by atoms with E-state index in [4.69, 9.17) is 4.42 Å². The van der Waals surface area contributed by atoms with E-state index in [2.05, 4.69) is 0 Å². The second-order valence-corrected chi connectivity index (χ2v) is 6.55. The Balaban J connectivity index is 2.46. The lowest BCUT2D eigenvalue weighted by Crippen LogP contribution is -2.09. The molecule has 3 rings (SSSR count). The number of aryl methyl sites for hydroxylation is 1. The molecule has 3 aromatic rings. The minimum atomic E-state index is -0.696. The van der Waals surface area contributed by atoms with E-state index in [9.17, 15) is 20.1 Å². The Hall–Kier alpha value is -2.95. The number of benzene rings is 2. The van der Waals surface area contributed by atoms with Crippen LogP contribution in [0.1, 0.15) is 25.2 Å². The summed E-state index contributed by atoms with van der Waals surface area (Å²) in [6.07, 6.45) is 0.392. The third-order valence-electron chi connectivity index (χ3n) is 4.21. The Morgan fingerprint density at radius 2 is 1.64 bits per heavy atom. The molecule has 0 aliphatic rings. The summed E-state index contributed by atoms with van der Waals surface area (Å²) in [6, 6.07) is 8.99. The van der Waals surface area contributed by atoms with Gasteiger partial charge in [-0.25, -0.2) is 0 Å². The van der Waals surface area contributed by atoms with Crippen molar-refractivity contribution >= 4 is 11.0 Å². The Morgan fingerprint density at radius 1 is 1.00 bits per heavy atom. The van der Waals surface area contributed by atoms with E-state index >= 15 is 0 Å². The zero-order valence-corrected chi connectivity index (χ0v) is 14.3. The van der Waals surface area contributed by atoms with Crippen molar-refractivity contribution in [1.29, 1.82) is 0 Å². The zero-order chi connectivity index (χ0) is 18.3. The van der Waals surface area contributed by atoms with E-state index in [-0.39, 0.29) is 16.9 Å². The molecule has 5 heteroatoms. The van der Waals surface area contributed by atoms with Gasteiger partial charge in [-0.2, -0.15) is 0 Å². The van der Waals surface area contributed by atoms with Gasteiger partial charge in [0, 0.05) is 5.56 Å². The van der Waals surface area contributed by atoms with Gasteiger partial charge in [-0.15, -0.1) is 0 Å². The molecule has 0 bridgehead atoms. The number of phenolic OH excluding ortho intramolecular Hbond substituents is 3. The van der Waals surface area contributed by atoms with Crippen LogP contribution in [0.2, 0.25) is 0 Å². The number of hydrogen-bond acceptors (Lipinski definition) is 5. The predicted octanol–water partition coefficient (Wildman–Crippen LogP) is 4.08. The summed E-state index contributed by atoms with van der Waals surface area (Å²) in [5, 5.41) is 30.4. The van der Waals surface area contributed by atoms with Crippen LogP contribution in [0.3, 0.4) is 0 Å². The van der Waals surface area contributed by atoms with Crippen LogP contribution in [0.15, 0.2) is 39.5 Å². The lowest BCUT2D eigenvalue weighted by atomic mass is 9.96. The summed E-state index contributed by atoms with van der Waals surface area (Å²) in [6.45, 7) is 5.56. The van der Waals surface area contributed by atoms with E-state index in [1.807, 2.05) is 19.9 Å². The third-order valence-corrected chi connectivity index (χ3v) is 4.21. The average molecular weight is 340 g/mol. The molecule has 2 aromatic carbocycles. The minimum absolute atomic E-state index is 0.115. The quantitative estimate of drug-likeness (QED) is 0.625. The van der Waals surface area contributed by atoms with Crippen LogP contribution in [0.25, 0.3) is 22.1 Å². The zero-order valence-electron chi connectivity index (χ0n) is 14.3. The highest BCUT2D eigenvalue weighted by atomic mass is 16.3. The number of fused-ring (bicyclic) bond motifs is 1. The highest BCUT2D eigenvalue weighted by Gasteiger charge is 2.25. The molecule has 0 aliphatic heterocycles. The fourth-order valence-electron chi connectivity index (χ4n) is 3.09. The summed E-state index contributed by atoms with van der Waals surface area (Å²) in [7, 11) is 0. The van der Waals surface area contributed by atoms with Gasteiger partial charge < -0.3 is 19.7 Å². The number of hydrogen-bond donors (Lipinski definition) is 3. The molecule has 0 saturated heterocycles. The Labute approximate surface area is 144 Å². The van der Waals surface area contributed by atoms with E-state index in [0.717, 1.165) is 0 Å². The third kappa shape index (κ3) is 2.71. The van der Waals surface area contributed by atoms with Gasteiger partial charge >= 0.3 is 0 Å². The summed E-state index contributed by atoms with van der Waals surface area (Å²) >= 11 is 0. The maximum atomic E-state index is 13.1. The first-order valence-corrected chi connectivity index (χ1v) is 8.11. The normalized spacial score (nSPS) is 11.4. The molecule has 1 heterocycles. The average Bonchev–Trinajstić information content (AvgIpc) is 2.57. The van der Waals surface area contributed by atoms with Crippen LogP contribution >= 0.6 is 0 Å². The standard InChI is InChI=1S/C20H20O5/c1-10(2)9-13-16(21)19(24)18(23)15-17(22)14(11(3)25-20(13)15)12-7-5-4-6-8-12/h4-8,10,21,23-24H,9H2,1-3H3. The van der Waals surface area contributed by atoms with Crippen LogP contribution < -0.4 is 5.43 Å². The Morgan fingerprint density at radius 3 is 2.24 bits per heavy atom. The molecule has 1 aromatic heterocycles. The van der Waals surface area contributed by atoms with Crippen LogP contribution in [0, 0.1) is 12.8 Å². The molecule has 0 saturated carbocycles. The SMILES string of the molecule is Cc1oc2c(CC(C)C)c(O)c(O)c(O)c2c(=O)c1-c1ccccc1. The Bertz CT molecular complexity index is 1000. The minimum Gasteiger partial charge on any atom is -0.504 e. The molecule has 130 valence electrons. The fourth-order valence-corrected chi connectivity index (χ4v) is 3.09. The highest BCUT2D eigenvalue weighted by molar-refractivity contribution is 5.94. The molecular formula is C20H20O5. The molecule has 0 aliphatic carbocycles. The fraction of sp³-hybridized carbons (Fsp3) is 0.250. The molecule has 0 atom stereocenters. The molecule has 25 heavy (non-hydrogen) atoms. The number of rotatable bonds is 3. The van der Waals surface area contributed by atoms with Crippen molar-refractivity contribution in [3.8, 4) is 28.4 Å². The summed E-state index contributed by atoms with van der Waals surface area (Å²) in [5.41, 5.74) is 0.976. The van der Waals surface area contributed by atoms with Gasteiger partial charge in [0.05, 0.1) is 5.56 Å². The largest absolute Gasteiger partial charge is 0.504 e. The van der Waals surface area contributed by atoms with Crippen molar-refractivity contribution in [3.63, 3.8) is 0 Å². The molecule has 0 unspecified atom stereocenters. The van der Waals surface area contributed by atoms with Gasteiger partial charge in [-0.1, -0.05) is 44.2 Å². The first-order valence-electron chi connectivity index (χ1n) is 8.11. The summed E-state index contributed by atoms with van der Waals surface area (Å²) < 4.78 is 5.85. The first-order chi connectivity index (χ1) is 11.8. The van der Waals surface area contributed by atoms with Crippen molar-refractivity contribution in [2.45, 2.75) is 27.2 Å². The topological polar surface area (TPSA) is 90.9 Å². The van der Waals surface area contributed by atoms with Gasteiger partial charge in [0.2, 0.25) is 11.2 Å². The predicted molar refractivity (Wildman–Crippen MR) is 96.2 cm³/mol. The van der Waals surface area contributed by atoms with Crippen LogP contribution in [-0.2, 0) is 6.42 Å². The Kier molecular flexibility index (Phi) is 4.17. The van der Waals surface area contributed by atoms with Gasteiger partial charge in [-0.3, -0.25) is 4.79 Å². The maximum Gasteiger partial charge on any atom is 0.204 e. The second-order valence-electron chi connectivity index (χ2n) is 6.55. The molecule has 3 N–H and O–H groups in total. The van der Waals surface area contributed by atoms with Crippen molar-refractivity contribution in [3.05, 3.63) is 51.9 Å². The highest BCUT2D eigenvalue weighted by Crippen LogP contribution is 2.45. The molecule has 0 fully saturated rings. The van der Waals surface area contributed by atoms with Crippen molar-refractivity contribution in [1.82, 2.24) is 0 Å². The molecule has 0 amide bonds. The number of aromatic hydroxyl groups is 3. The van der Waals surface area contributed by atoms with E-state index in [1.54, 1.807) is 31.2 Å². The first kappa shape index (κ1) is 16.9. The van der Waals surface area contributed by atoms with Gasteiger partial charge in [-0.05, 0) is 24.8 Å². The van der Waals surface area contributed by atoms with Crippen molar-refractivity contribution < 1.29 is 19.7 Å². The molecular weight excluding hydrogens is 320 g/mol. The van der Waals surface area contributed by atoms with E-state index in [1.165, 1.54) is 0 Å². The van der Waals surface area contributed by atoms with Crippen molar-refractivity contribution in [2.24, 2.45) is 5.92 Å². The molecule has 5 nitrogen and oxygen atoms in total. The van der Waals surface area contributed by atoms with E-state index < -0.39 is 22.7 Å². The molecule has 0 spiro atoms. The van der Waals surface area contributed by atoms with Gasteiger partial charge in [0.1, 0.15) is 16.7 Å². The van der Waals surface area contributed by atoms with Crippen LogP contribution in [0.4, 0.5) is 0 Å². The lowest BCUT2D eigenvalue weighted by molar-refractivity contribution is 0.365. The van der Waals surface area contributed by atoms with E-state index in [0.29, 0.717) is 28.9 Å². The van der Waals surface area contributed by atoms with Gasteiger partial charge in [0.25, 0.3) is 0 Å². The van der Waals surface area contributed by atoms with Crippen LogP contribution in [0.5, 0.6) is 17.2 Å². The monoisotopic (exact) mass is 340 g/mol.